The molecule has 33 heavy (non-hydrogen) atoms. The van der Waals surface area contributed by atoms with Gasteiger partial charge < -0.3 is 14.6 Å². The number of rotatable bonds is 7. The van der Waals surface area contributed by atoms with Gasteiger partial charge in [-0.2, -0.15) is 5.10 Å². The van der Waals surface area contributed by atoms with Gasteiger partial charge in [-0.05, 0) is 62.7 Å². The highest BCUT2D eigenvalue weighted by atomic mass is 35.5. The summed E-state index contributed by atoms with van der Waals surface area (Å²) < 4.78 is 9.50. The van der Waals surface area contributed by atoms with E-state index in [0.29, 0.717) is 23.1 Å². The molecule has 2 aromatic heterocycles. The van der Waals surface area contributed by atoms with E-state index in [4.69, 9.17) is 16.3 Å². The molecular formula is C25H26ClN5O2. The Bertz CT molecular complexity index is 1290. The number of benzene rings is 2. The molecule has 7 nitrogen and oxygen atoms in total. The molecule has 0 fully saturated rings. The third kappa shape index (κ3) is 5.09. The van der Waals surface area contributed by atoms with Crippen LogP contribution >= 0.6 is 11.6 Å². The van der Waals surface area contributed by atoms with Gasteiger partial charge in [0.05, 0.1) is 17.8 Å². The Morgan fingerprint density at radius 2 is 1.88 bits per heavy atom. The van der Waals surface area contributed by atoms with E-state index in [-0.39, 0.29) is 12.3 Å². The summed E-state index contributed by atoms with van der Waals surface area (Å²) in [5.41, 5.74) is 5.23. The first-order valence-electron chi connectivity index (χ1n) is 10.6. The molecule has 170 valence electrons. The van der Waals surface area contributed by atoms with Crippen molar-refractivity contribution >= 4 is 23.2 Å². The first-order valence-corrected chi connectivity index (χ1v) is 11.0. The van der Waals surface area contributed by atoms with Crippen molar-refractivity contribution in [3.05, 3.63) is 88.2 Å². The third-order valence-corrected chi connectivity index (χ3v) is 6.01. The van der Waals surface area contributed by atoms with Crippen molar-refractivity contribution in [3.63, 3.8) is 0 Å². The molecule has 1 N–H and O–H groups in total. The summed E-state index contributed by atoms with van der Waals surface area (Å²) in [6.07, 6.45) is 3.84. The molecule has 2 aromatic carbocycles. The quantitative estimate of drug-likeness (QED) is 0.421. The zero-order chi connectivity index (χ0) is 23.5. The number of carbonyl (C=O) groups excluding carboxylic acids is 1. The number of carbonyl (C=O) groups is 1. The van der Waals surface area contributed by atoms with Gasteiger partial charge in [0.15, 0.2) is 0 Å². The van der Waals surface area contributed by atoms with E-state index in [2.05, 4.69) is 15.4 Å². The van der Waals surface area contributed by atoms with E-state index in [1.165, 1.54) is 0 Å². The maximum atomic E-state index is 12.7. The number of imidazole rings is 1. The van der Waals surface area contributed by atoms with Crippen LogP contribution in [0.3, 0.4) is 0 Å². The van der Waals surface area contributed by atoms with Crippen molar-refractivity contribution in [1.82, 2.24) is 19.3 Å². The van der Waals surface area contributed by atoms with Gasteiger partial charge in [0, 0.05) is 41.4 Å². The molecule has 0 saturated carbocycles. The lowest BCUT2D eigenvalue weighted by atomic mass is 10.1. The minimum Gasteiger partial charge on any atom is -0.486 e. The van der Waals surface area contributed by atoms with Crippen LogP contribution in [0.15, 0.2) is 54.9 Å². The number of hydrogen-bond donors (Lipinski definition) is 1. The summed E-state index contributed by atoms with van der Waals surface area (Å²) >= 11 is 6.28. The maximum absolute atomic E-state index is 12.7. The number of nitrogens with zero attached hydrogens (tertiary/aromatic N) is 4. The smallest absolute Gasteiger partial charge is 0.228 e. The van der Waals surface area contributed by atoms with E-state index in [9.17, 15) is 4.79 Å². The van der Waals surface area contributed by atoms with Crippen LogP contribution in [-0.4, -0.2) is 25.2 Å². The Kier molecular flexibility index (Phi) is 6.51. The number of ether oxygens (including phenoxy) is 1. The van der Waals surface area contributed by atoms with Crippen molar-refractivity contribution in [1.29, 1.82) is 0 Å². The highest BCUT2D eigenvalue weighted by Crippen LogP contribution is 2.24. The summed E-state index contributed by atoms with van der Waals surface area (Å²) in [5.74, 6) is 1.44. The second-order valence-electron chi connectivity index (χ2n) is 7.99. The van der Waals surface area contributed by atoms with E-state index in [1.807, 2.05) is 85.7 Å². The molecule has 0 atom stereocenters. The zero-order valence-electron chi connectivity index (χ0n) is 19.1. The average Bonchev–Trinajstić information content (AvgIpc) is 3.32. The van der Waals surface area contributed by atoms with Gasteiger partial charge in [0.2, 0.25) is 5.91 Å². The molecule has 0 aliphatic rings. The van der Waals surface area contributed by atoms with Crippen LogP contribution in [-0.2, 0) is 24.9 Å². The number of nitrogens with one attached hydrogen (secondary N) is 1. The lowest BCUT2D eigenvalue weighted by molar-refractivity contribution is -0.115. The fourth-order valence-corrected chi connectivity index (χ4v) is 3.75. The number of aryl methyl sites for hydroxylation is 3. The zero-order valence-corrected chi connectivity index (χ0v) is 19.8. The Hall–Kier alpha value is -3.58. The summed E-state index contributed by atoms with van der Waals surface area (Å²) in [7, 11) is 1.92. The van der Waals surface area contributed by atoms with Crippen LogP contribution in [0, 0.1) is 20.8 Å². The molecule has 0 radical (unpaired) electrons. The largest absolute Gasteiger partial charge is 0.486 e. The van der Waals surface area contributed by atoms with E-state index < -0.39 is 0 Å². The molecule has 0 unspecified atom stereocenters. The van der Waals surface area contributed by atoms with E-state index in [1.54, 1.807) is 6.20 Å². The predicted octanol–water partition coefficient (Wildman–Crippen LogP) is 4.94. The van der Waals surface area contributed by atoms with Crippen molar-refractivity contribution in [2.75, 3.05) is 5.32 Å². The molecule has 4 rings (SSSR count). The number of aromatic nitrogens is 4. The van der Waals surface area contributed by atoms with Crippen LogP contribution in [0.2, 0.25) is 5.02 Å². The number of halogens is 1. The lowest BCUT2D eigenvalue weighted by Gasteiger charge is -2.09. The first-order chi connectivity index (χ1) is 15.8. The molecule has 8 heteroatoms. The number of hydrogen-bond acceptors (Lipinski definition) is 4. The minimum absolute atomic E-state index is 0.107. The normalized spacial score (nSPS) is 10.9. The first kappa shape index (κ1) is 22.6. The maximum Gasteiger partial charge on any atom is 0.228 e. The Morgan fingerprint density at radius 3 is 2.55 bits per heavy atom. The number of anilines is 1. The van der Waals surface area contributed by atoms with Crippen LogP contribution in [0.25, 0.3) is 5.69 Å². The van der Waals surface area contributed by atoms with Crippen LogP contribution in [0.5, 0.6) is 5.75 Å². The fourth-order valence-electron chi connectivity index (χ4n) is 3.58. The average molecular weight is 464 g/mol. The highest BCUT2D eigenvalue weighted by Gasteiger charge is 2.16. The Balaban J connectivity index is 1.40. The van der Waals surface area contributed by atoms with Gasteiger partial charge in [-0.25, -0.2) is 9.67 Å². The Labute approximate surface area is 198 Å². The highest BCUT2D eigenvalue weighted by molar-refractivity contribution is 6.31. The Morgan fingerprint density at radius 1 is 1.12 bits per heavy atom. The predicted molar refractivity (Wildman–Crippen MR) is 129 cm³/mol. The molecule has 0 bridgehead atoms. The summed E-state index contributed by atoms with van der Waals surface area (Å²) in [6, 6.07) is 13.1. The summed E-state index contributed by atoms with van der Waals surface area (Å²) in [5, 5.41) is 8.26. The van der Waals surface area contributed by atoms with Gasteiger partial charge in [-0.1, -0.05) is 17.7 Å². The molecule has 0 saturated heterocycles. The van der Waals surface area contributed by atoms with Crippen LogP contribution in [0.4, 0.5) is 5.69 Å². The molecular weight excluding hydrogens is 438 g/mol. The number of amides is 1. The van der Waals surface area contributed by atoms with Gasteiger partial charge in [0.25, 0.3) is 0 Å². The molecule has 4 aromatic rings. The molecule has 0 aliphatic carbocycles. The van der Waals surface area contributed by atoms with Crippen LogP contribution in [0.1, 0.15) is 28.3 Å². The fraction of sp³-hybridized carbons (Fsp3) is 0.240. The lowest BCUT2D eigenvalue weighted by Crippen LogP contribution is -2.15. The van der Waals surface area contributed by atoms with Crippen molar-refractivity contribution in [2.45, 2.75) is 33.8 Å². The summed E-state index contributed by atoms with van der Waals surface area (Å²) in [4.78, 5) is 17.0. The standard InChI is InChI=1S/C25H26ClN5O2/c1-16-5-8-20(13-23(16)26)31-18(3)22(17(2)29-31)14-25(32)28-19-6-9-21(10-7-19)33-15-24-27-11-12-30(24)4/h5-13H,14-15H2,1-4H3,(H,28,32). The minimum atomic E-state index is -0.107. The van der Waals surface area contributed by atoms with E-state index in [0.717, 1.165) is 34.0 Å². The van der Waals surface area contributed by atoms with Gasteiger partial charge in [-0.3, -0.25) is 4.79 Å². The van der Waals surface area contributed by atoms with Crippen molar-refractivity contribution in [3.8, 4) is 11.4 Å². The third-order valence-electron chi connectivity index (χ3n) is 5.61. The SMILES string of the molecule is Cc1ccc(-n2nc(C)c(CC(=O)Nc3ccc(OCc4nccn4C)cc3)c2C)cc1Cl. The van der Waals surface area contributed by atoms with Gasteiger partial charge in [-0.15, -0.1) is 0 Å². The molecule has 0 spiro atoms. The van der Waals surface area contributed by atoms with Crippen molar-refractivity contribution in [2.24, 2.45) is 7.05 Å². The monoisotopic (exact) mass is 463 g/mol. The van der Waals surface area contributed by atoms with E-state index >= 15 is 0 Å². The van der Waals surface area contributed by atoms with Gasteiger partial charge >= 0.3 is 0 Å². The second-order valence-corrected chi connectivity index (χ2v) is 8.39. The summed E-state index contributed by atoms with van der Waals surface area (Å²) in [6.45, 7) is 6.21. The second kappa shape index (κ2) is 9.50. The van der Waals surface area contributed by atoms with Crippen LogP contribution < -0.4 is 10.1 Å². The molecule has 2 heterocycles. The van der Waals surface area contributed by atoms with Gasteiger partial charge in [0.1, 0.15) is 18.2 Å². The van der Waals surface area contributed by atoms with Crippen molar-refractivity contribution < 1.29 is 9.53 Å². The topological polar surface area (TPSA) is 74.0 Å². The molecule has 1 amide bonds. The molecule has 0 aliphatic heterocycles.